The fourth-order valence-electron chi connectivity index (χ4n) is 4.16. The largest absolute Gasteiger partial charge is 0.338 e. The van der Waals surface area contributed by atoms with Gasteiger partial charge >= 0.3 is 0 Å². The molecule has 0 atom stereocenters. The summed E-state index contributed by atoms with van der Waals surface area (Å²) in [6, 6.07) is 6.04. The SMILES string of the molecule is O=C(Nc1ccnn1C1CCCCC1)C1CCN(C(=O)c2cccs2)CC1. The van der Waals surface area contributed by atoms with E-state index in [1.807, 2.05) is 33.2 Å². The molecular formula is C20H26N4O2S. The summed E-state index contributed by atoms with van der Waals surface area (Å²) in [5.74, 6) is 0.895. The molecule has 1 saturated carbocycles. The van der Waals surface area contributed by atoms with Gasteiger partial charge in [0.15, 0.2) is 0 Å². The van der Waals surface area contributed by atoms with Crippen molar-refractivity contribution >= 4 is 29.0 Å². The van der Waals surface area contributed by atoms with Crippen LogP contribution in [0, 0.1) is 5.92 Å². The van der Waals surface area contributed by atoms with E-state index in [4.69, 9.17) is 0 Å². The maximum atomic E-state index is 12.8. The van der Waals surface area contributed by atoms with Crippen molar-refractivity contribution in [2.24, 2.45) is 5.92 Å². The van der Waals surface area contributed by atoms with Crippen molar-refractivity contribution in [1.29, 1.82) is 0 Å². The lowest BCUT2D eigenvalue weighted by Crippen LogP contribution is -2.41. The van der Waals surface area contributed by atoms with Gasteiger partial charge in [0.1, 0.15) is 5.82 Å². The summed E-state index contributed by atoms with van der Waals surface area (Å²) in [5, 5.41) is 9.46. The molecule has 144 valence electrons. The summed E-state index contributed by atoms with van der Waals surface area (Å²) >= 11 is 1.47. The average molecular weight is 387 g/mol. The molecule has 0 spiro atoms. The molecule has 2 aliphatic rings. The molecule has 0 aromatic carbocycles. The number of carbonyl (C=O) groups excluding carboxylic acids is 2. The summed E-state index contributed by atoms with van der Waals surface area (Å²) in [4.78, 5) is 27.8. The van der Waals surface area contributed by atoms with Crippen LogP contribution in [0.4, 0.5) is 5.82 Å². The van der Waals surface area contributed by atoms with Crippen LogP contribution in [-0.2, 0) is 4.79 Å². The standard InChI is InChI=1S/C20H26N4O2S/c25-19(22-18-8-11-21-24(18)16-5-2-1-3-6-16)15-9-12-23(13-10-15)20(26)17-7-4-14-27-17/h4,7-8,11,14-16H,1-3,5-6,9-10,12-13H2,(H,22,25). The lowest BCUT2D eigenvalue weighted by Gasteiger charge is -2.31. The normalized spacial score (nSPS) is 19.2. The summed E-state index contributed by atoms with van der Waals surface area (Å²) in [6.45, 7) is 1.27. The van der Waals surface area contributed by atoms with E-state index in [9.17, 15) is 9.59 Å². The van der Waals surface area contributed by atoms with E-state index in [0.29, 0.717) is 32.0 Å². The highest BCUT2D eigenvalue weighted by Crippen LogP contribution is 2.30. The van der Waals surface area contributed by atoms with E-state index in [-0.39, 0.29) is 17.7 Å². The zero-order valence-electron chi connectivity index (χ0n) is 15.5. The molecule has 2 fully saturated rings. The topological polar surface area (TPSA) is 67.2 Å². The third-order valence-corrected chi connectivity index (χ3v) is 6.58. The molecule has 1 saturated heterocycles. The fourth-order valence-corrected chi connectivity index (χ4v) is 4.85. The Morgan fingerprint density at radius 3 is 2.56 bits per heavy atom. The first kappa shape index (κ1) is 18.2. The van der Waals surface area contributed by atoms with E-state index in [1.165, 1.54) is 30.6 Å². The number of likely N-dealkylation sites (tertiary alicyclic amines) is 1. The quantitative estimate of drug-likeness (QED) is 0.865. The van der Waals surface area contributed by atoms with E-state index < -0.39 is 0 Å². The summed E-state index contributed by atoms with van der Waals surface area (Å²) in [5.41, 5.74) is 0. The zero-order valence-corrected chi connectivity index (χ0v) is 16.3. The van der Waals surface area contributed by atoms with Gasteiger partial charge in [-0.25, -0.2) is 4.68 Å². The van der Waals surface area contributed by atoms with Gasteiger partial charge in [0.05, 0.1) is 17.1 Å². The van der Waals surface area contributed by atoms with Gasteiger partial charge in [-0.15, -0.1) is 11.3 Å². The number of thiophene rings is 1. The van der Waals surface area contributed by atoms with Crippen molar-refractivity contribution in [3.05, 3.63) is 34.7 Å². The number of aromatic nitrogens is 2. The Morgan fingerprint density at radius 2 is 1.85 bits per heavy atom. The Bertz CT molecular complexity index is 772. The Hall–Kier alpha value is -2.15. The summed E-state index contributed by atoms with van der Waals surface area (Å²) in [6.07, 6.45) is 9.21. The minimum atomic E-state index is -0.0490. The van der Waals surface area contributed by atoms with Crippen LogP contribution >= 0.6 is 11.3 Å². The van der Waals surface area contributed by atoms with Gasteiger partial charge in [-0.2, -0.15) is 5.10 Å². The van der Waals surface area contributed by atoms with Crippen molar-refractivity contribution in [1.82, 2.24) is 14.7 Å². The molecule has 2 aromatic rings. The first-order chi connectivity index (χ1) is 13.2. The number of anilines is 1. The highest BCUT2D eigenvalue weighted by Gasteiger charge is 2.29. The first-order valence-electron chi connectivity index (χ1n) is 9.89. The van der Waals surface area contributed by atoms with Crippen LogP contribution in [0.5, 0.6) is 0 Å². The van der Waals surface area contributed by atoms with E-state index >= 15 is 0 Å². The van der Waals surface area contributed by atoms with Crippen LogP contribution in [-0.4, -0.2) is 39.6 Å². The van der Waals surface area contributed by atoms with Crippen molar-refractivity contribution < 1.29 is 9.59 Å². The predicted molar refractivity (Wildman–Crippen MR) is 106 cm³/mol. The maximum Gasteiger partial charge on any atom is 0.263 e. The summed E-state index contributed by atoms with van der Waals surface area (Å²) < 4.78 is 1.99. The average Bonchev–Trinajstić information content (AvgIpc) is 3.40. The van der Waals surface area contributed by atoms with Gasteiger partial charge in [-0.1, -0.05) is 25.3 Å². The van der Waals surface area contributed by atoms with Crippen LogP contribution in [0.2, 0.25) is 0 Å². The van der Waals surface area contributed by atoms with Gasteiger partial charge in [-0.3, -0.25) is 9.59 Å². The van der Waals surface area contributed by atoms with Crippen molar-refractivity contribution in [2.75, 3.05) is 18.4 Å². The maximum absolute atomic E-state index is 12.8. The monoisotopic (exact) mass is 386 g/mol. The molecule has 2 amide bonds. The van der Waals surface area contributed by atoms with Gasteiger partial charge < -0.3 is 10.2 Å². The van der Waals surface area contributed by atoms with Gasteiger partial charge in [0, 0.05) is 25.1 Å². The lowest BCUT2D eigenvalue weighted by molar-refractivity contribution is -0.121. The number of amides is 2. The molecule has 7 heteroatoms. The highest BCUT2D eigenvalue weighted by molar-refractivity contribution is 7.12. The smallest absolute Gasteiger partial charge is 0.263 e. The molecule has 6 nitrogen and oxygen atoms in total. The number of nitrogens with zero attached hydrogens (tertiary/aromatic N) is 3. The minimum absolute atomic E-state index is 0.0490. The molecule has 27 heavy (non-hydrogen) atoms. The van der Waals surface area contributed by atoms with Crippen LogP contribution in [0.3, 0.4) is 0 Å². The third kappa shape index (κ3) is 4.08. The fraction of sp³-hybridized carbons (Fsp3) is 0.550. The lowest BCUT2D eigenvalue weighted by atomic mass is 9.95. The Morgan fingerprint density at radius 1 is 1.07 bits per heavy atom. The number of carbonyl (C=O) groups is 2. The first-order valence-corrected chi connectivity index (χ1v) is 10.8. The van der Waals surface area contributed by atoms with Gasteiger partial charge in [0.25, 0.3) is 5.91 Å². The molecule has 4 rings (SSSR count). The van der Waals surface area contributed by atoms with Gasteiger partial charge in [0.2, 0.25) is 5.91 Å². The number of nitrogens with one attached hydrogen (secondary N) is 1. The van der Waals surface area contributed by atoms with Crippen molar-refractivity contribution in [2.45, 2.75) is 51.0 Å². The second-order valence-corrected chi connectivity index (χ2v) is 8.43. The van der Waals surface area contributed by atoms with Crippen molar-refractivity contribution in [3.63, 3.8) is 0 Å². The zero-order chi connectivity index (χ0) is 18.6. The summed E-state index contributed by atoms with van der Waals surface area (Å²) in [7, 11) is 0. The molecular weight excluding hydrogens is 360 g/mol. The van der Waals surface area contributed by atoms with E-state index in [0.717, 1.165) is 23.5 Å². The molecule has 0 bridgehead atoms. The molecule has 0 radical (unpaired) electrons. The molecule has 3 heterocycles. The molecule has 1 aliphatic heterocycles. The Kier molecular flexibility index (Phi) is 5.57. The second kappa shape index (κ2) is 8.25. The number of hydrogen-bond donors (Lipinski definition) is 1. The number of hydrogen-bond acceptors (Lipinski definition) is 4. The van der Waals surface area contributed by atoms with E-state index in [2.05, 4.69) is 10.4 Å². The number of rotatable bonds is 4. The predicted octanol–water partition coefficient (Wildman–Crippen LogP) is 3.94. The molecule has 0 unspecified atom stereocenters. The van der Waals surface area contributed by atoms with Crippen LogP contribution in [0.15, 0.2) is 29.8 Å². The molecule has 1 aliphatic carbocycles. The Labute approximate surface area is 163 Å². The van der Waals surface area contributed by atoms with Gasteiger partial charge in [-0.05, 0) is 37.1 Å². The minimum Gasteiger partial charge on any atom is -0.338 e. The number of piperidine rings is 1. The second-order valence-electron chi connectivity index (χ2n) is 7.49. The molecule has 1 N–H and O–H groups in total. The Balaban J connectivity index is 1.32. The molecule has 2 aromatic heterocycles. The van der Waals surface area contributed by atoms with Crippen LogP contribution in [0.1, 0.15) is 60.7 Å². The van der Waals surface area contributed by atoms with Crippen LogP contribution < -0.4 is 5.32 Å². The van der Waals surface area contributed by atoms with Crippen molar-refractivity contribution in [3.8, 4) is 0 Å². The highest BCUT2D eigenvalue weighted by atomic mass is 32.1. The van der Waals surface area contributed by atoms with Crippen LogP contribution in [0.25, 0.3) is 0 Å². The third-order valence-electron chi connectivity index (χ3n) is 5.73. The van der Waals surface area contributed by atoms with E-state index in [1.54, 1.807) is 6.20 Å².